The van der Waals surface area contributed by atoms with Crippen molar-refractivity contribution in [1.82, 2.24) is 4.90 Å². The summed E-state index contributed by atoms with van der Waals surface area (Å²) in [7, 11) is 4.15. The van der Waals surface area contributed by atoms with E-state index in [2.05, 4.69) is 39.8 Å². The summed E-state index contributed by atoms with van der Waals surface area (Å²) < 4.78 is 11.6. The maximum absolute atomic E-state index is 12.5. The molecule has 0 rings (SSSR count). The lowest BCUT2D eigenvalue weighted by molar-refractivity contribution is -0.150. The fourth-order valence-electron chi connectivity index (χ4n) is 5.83. The molecule has 0 aliphatic rings. The first-order valence-corrected chi connectivity index (χ1v) is 18.9. The van der Waals surface area contributed by atoms with E-state index in [0.29, 0.717) is 25.4 Å². The van der Waals surface area contributed by atoms with Gasteiger partial charge in [0.25, 0.3) is 0 Å². The van der Waals surface area contributed by atoms with E-state index < -0.39 is 0 Å². The monoisotopic (exact) mass is 610 g/mol. The molecule has 0 N–H and O–H groups in total. The predicted octanol–water partition coefficient (Wildman–Crippen LogP) is 11.2. The number of carbonyl (C=O) groups is 2. The second-order valence-corrected chi connectivity index (χ2v) is 13.5. The van der Waals surface area contributed by atoms with Crippen molar-refractivity contribution in [3.63, 3.8) is 0 Å². The molecule has 0 aromatic rings. The molecule has 0 radical (unpaired) electrons. The molecule has 0 saturated heterocycles. The molecule has 2 atom stereocenters. The second kappa shape index (κ2) is 32.3. The third-order valence-electron chi connectivity index (χ3n) is 8.73. The molecule has 256 valence electrons. The first kappa shape index (κ1) is 41.9. The average Bonchev–Trinajstić information content (AvgIpc) is 2.98. The minimum atomic E-state index is -0.00762. The standard InChI is InChI=1S/C38H75NO4/c1-6-9-12-14-15-18-22-29-36(43-38(41)32-25-26-33-39(4)5)30-23-19-16-17-20-24-31-37(40)42-34-35(27-11-8-3)28-21-13-10-7-2/h35-36H,6-34H2,1-5H3. The van der Waals surface area contributed by atoms with Crippen molar-refractivity contribution in [2.75, 3.05) is 27.2 Å². The maximum Gasteiger partial charge on any atom is 0.306 e. The van der Waals surface area contributed by atoms with Crippen molar-refractivity contribution in [3.8, 4) is 0 Å². The van der Waals surface area contributed by atoms with Gasteiger partial charge < -0.3 is 14.4 Å². The zero-order chi connectivity index (χ0) is 31.8. The summed E-state index contributed by atoms with van der Waals surface area (Å²) in [4.78, 5) is 27.0. The number of rotatable bonds is 33. The third-order valence-corrected chi connectivity index (χ3v) is 8.73. The lowest BCUT2D eigenvalue weighted by atomic mass is 9.96. The van der Waals surface area contributed by atoms with Gasteiger partial charge in [-0.3, -0.25) is 9.59 Å². The number of ether oxygens (including phenoxy) is 2. The van der Waals surface area contributed by atoms with E-state index in [1.54, 1.807) is 0 Å². The lowest BCUT2D eigenvalue weighted by Crippen LogP contribution is -2.19. The minimum Gasteiger partial charge on any atom is -0.465 e. The Bertz CT molecular complexity index is 609. The van der Waals surface area contributed by atoms with Gasteiger partial charge in [-0.1, -0.05) is 124 Å². The summed E-state index contributed by atoms with van der Waals surface area (Å²) >= 11 is 0. The molecular formula is C38H75NO4. The Morgan fingerprint density at radius 2 is 0.953 bits per heavy atom. The zero-order valence-electron chi connectivity index (χ0n) is 29.7. The Balaban J connectivity index is 4.15. The van der Waals surface area contributed by atoms with Crippen LogP contribution in [-0.4, -0.2) is 50.2 Å². The second-order valence-electron chi connectivity index (χ2n) is 13.5. The van der Waals surface area contributed by atoms with Gasteiger partial charge in [0.15, 0.2) is 0 Å². The summed E-state index contributed by atoms with van der Waals surface area (Å²) in [6, 6.07) is 0. The van der Waals surface area contributed by atoms with E-state index in [1.807, 2.05) is 0 Å². The van der Waals surface area contributed by atoms with Gasteiger partial charge in [0.2, 0.25) is 0 Å². The van der Waals surface area contributed by atoms with Gasteiger partial charge in [-0.15, -0.1) is 0 Å². The highest BCUT2D eigenvalue weighted by molar-refractivity contribution is 5.69. The van der Waals surface area contributed by atoms with Crippen LogP contribution in [-0.2, 0) is 19.1 Å². The van der Waals surface area contributed by atoms with E-state index in [9.17, 15) is 9.59 Å². The van der Waals surface area contributed by atoms with E-state index in [0.717, 1.165) is 57.9 Å². The third kappa shape index (κ3) is 30.7. The van der Waals surface area contributed by atoms with Crippen LogP contribution in [0.25, 0.3) is 0 Å². The van der Waals surface area contributed by atoms with E-state index in [-0.39, 0.29) is 18.0 Å². The topological polar surface area (TPSA) is 55.8 Å². The predicted molar refractivity (Wildman–Crippen MR) is 185 cm³/mol. The van der Waals surface area contributed by atoms with Crippen molar-refractivity contribution < 1.29 is 19.1 Å². The molecule has 0 fully saturated rings. The Kier molecular flexibility index (Phi) is 31.5. The zero-order valence-corrected chi connectivity index (χ0v) is 29.7. The highest BCUT2D eigenvalue weighted by Gasteiger charge is 2.15. The van der Waals surface area contributed by atoms with E-state index in [1.165, 1.54) is 109 Å². The Morgan fingerprint density at radius 1 is 0.512 bits per heavy atom. The molecular weight excluding hydrogens is 534 g/mol. The summed E-state index contributed by atoms with van der Waals surface area (Å²) in [6.07, 6.45) is 30.8. The van der Waals surface area contributed by atoms with Crippen LogP contribution in [0.4, 0.5) is 0 Å². The van der Waals surface area contributed by atoms with Crippen LogP contribution in [0.5, 0.6) is 0 Å². The van der Waals surface area contributed by atoms with Gasteiger partial charge >= 0.3 is 11.9 Å². The number of hydrogen-bond donors (Lipinski definition) is 0. The molecule has 5 heteroatoms. The smallest absolute Gasteiger partial charge is 0.306 e. The fraction of sp³-hybridized carbons (Fsp3) is 0.947. The normalized spacial score (nSPS) is 12.9. The summed E-state index contributed by atoms with van der Waals surface area (Å²) in [5, 5.41) is 0. The largest absolute Gasteiger partial charge is 0.465 e. The van der Waals surface area contributed by atoms with Crippen LogP contribution in [0.3, 0.4) is 0 Å². The summed E-state index contributed by atoms with van der Waals surface area (Å²) in [5.41, 5.74) is 0. The van der Waals surface area contributed by atoms with E-state index in [4.69, 9.17) is 9.47 Å². The lowest BCUT2D eigenvalue weighted by Gasteiger charge is -2.18. The molecule has 0 aliphatic carbocycles. The summed E-state index contributed by atoms with van der Waals surface area (Å²) in [6.45, 7) is 8.39. The Morgan fingerprint density at radius 3 is 1.53 bits per heavy atom. The molecule has 0 bridgehead atoms. The van der Waals surface area contributed by atoms with Gasteiger partial charge in [-0.25, -0.2) is 0 Å². The number of hydrogen-bond acceptors (Lipinski definition) is 5. The minimum absolute atomic E-state index is 0.00760. The van der Waals surface area contributed by atoms with Crippen molar-refractivity contribution >= 4 is 11.9 Å². The first-order chi connectivity index (χ1) is 20.9. The molecule has 0 aromatic heterocycles. The molecule has 5 nitrogen and oxygen atoms in total. The van der Waals surface area contributed by atoms with Gasteiger partial charge in [0.1, 0.15) is 6.10 Å². The van der Waals surface area contributed by atoms with Crippen LogP contribution in [0.1, 0.15) is 194 Å². The van der Waals surface area contributed by atoms with Gasteiger partial charge in [-0.2, -0.15) is 0 Å². The quantitative estimate of drug-likeness (QED) is 0.0547. The van der Waals surface area contributed by atoms with Crippen molar-refractivity contribution in [2.45, 2.75) is 200 Å². The molecule has 0 aliphatic heterocycles. The van der Waals surface area contributed by atoms with Crippen LogP contribution in [0.15, 0.2) is 0 Å². The van der Waals surface area contributed by atoms with Crippen LogP contribution in [0.2, 0.25) is 0 Å². The highest BCUT2D eigenvalue weighted by Crippen LogP contribution is 2.20. The van der Waals surface area contributed by atoms with Crippen LogP contribution in [0, 0.1) is 5.92 Å². The van der Waals surface area contributed by atoms with Gasteiger partial charge in [-0.05, 0) is 84.3 Å². The fourth-order valence-corrected chi connectivity index (χ4v) is 5.83. The molecule has 43 heavy (non-hydrogen) atoms. The Labute approximate surface area is 269 Å². The summed E-state index contributed by atoms with van der Waals surface area (Å²) in [5.74, 6) is 0.524. The van der Waals surface area contributed by atoms with Crippen molar-refractivity contribution in [1.29, 1.82) is 0 Å². The van der Waals surface area contributed by atoms with Gasteiger partial charge in [0, 0.05) is 12.8 Å². The number of unbranched alkanes of at least 4 members (excludes halogenated alkanes) is 16. The van der Waals surface area contributed by atoms with Crippen LogP contribution >= 0.6 is 0 Å². The molecule has 0 saturated carbocycles. The van der Waals surface area contributed by atoms with Gasteiger partial charge in [0.05, 0.1) is 6.61 Å². The number of carbonyl (C=O) groups excluding carboxylic acids is 2. The average molecular weight is 610 g/mol. The molecule has 0 heterocycles. The first-order valence-electron chi connectivity index (χ1n) is 18.9. The SMILES string of the molecule is CCCCCCCCCC(CCCCCCCCC(=O)OCC(CCCC)CCCCCC)OC(=O)CCCCN(C)C. The molecule has 0 spiro atoms. The highest BCUT2D eigenvalue weighted by atomic mass is 16.5. The Hall–Kier alpha value is -1.10. The molecule has 0 amide bonds. The number of nitrogens with zero attached hydrogens (tertiary/aromatic N) is 1. The van der Waals surface area contributed by atoms with E-state index >= 15 is 0 Å². The molecule has 2 unspecified atom stereocenters. The molecule has 0 aromatic carbocycles. The maximum atomic E-state index is 12.5. The van der Waals surface area contributed by atoms with Crippen molar-refractivity contribution in [2.24, 2.45) is 5.92 Å². The number of esters is 2. The van der Waals surface area contributed by atoms with Crippen molar-refractivity contribution in [3.05, 3.63) is 0 Å². The van der Waals surface area contributed by atoms with Crippen LogP contribution < -0.4 is 0 Å².